The van der Waals surface area contributed by atoms with E-state index in [1.54, 1.807) is 32.7 Å². The van der Waals surface area contributed by atoms with Crippen LogP contribution in [-0.4, -0.2) is 31.0 Å². The standard InChI is InChI=1S/C16H25NO3S/c1-4-20-15(18)16(2,17)10-5-6-11-21-14-9-7-8-13(12-14)19-3/h7-9,12H,4-6,10-11,17H2,1-3H3. The Morgan fingerprint density at radius 2 is 2.14 bits per heavy atom. The number of esters is 1. The minimum Gasteiger partial charge on any atom is -0.497 e. The van der Waals surface area contributed by atoms with E-state index in [2.05, 4.69) is 6.07 Å². The minimum absolute atomic E-state index is 0.314. The molecule has 1 unspecified atom stereocenters. The summed E-state index contributed by atoms with van der Waals surface area (Å²) < 4.78 is 10.2. The van der Waals surface area contributed by atoms with Crippen LogP contribution in [0, 0.1) is 0 Å². The van der Waals surface area contributed by atoms with Crippen molar-refractivity contribution in [3.63, 3.8) is 0 Å². The van der Waals surface area contributed by atoms with Crippen LogP contribution in [0.3, 0.4) is 0 Å². The minimum atomic E-state index is -0.878. The Balaban J connectivity index is 2.26. The van der Waals surface area contributed by atoms with Crippen molar-refractivity contribution in [1.82, 2.24) is 0 Å². The van der Waals surface area contributed by atoms with E-state index in [9.17, 15) is 4.79 Å². The molecule has 0 radical (unpaired) electrons. The van der Waals surface area contributed by atoms with Gasteiger partial charge < -0.3 is 15.2 Å². The highest BCUT2D eigenvalue weighted by Crippen LogP contribution is 2.24. The molecule has 1 atom stereocenters. The molecular weight excluding hydrogens is 286 g/mol. The average molecular weight is 311 g/mol. The molecule has 1 rings (SSSR count). The van der Waals surface area contributed by atoms with Gasteiger partial charge in [0.25, 0.3) is 0 Å². The first-order valence-corrected chi connectivity index (χ1v) is 8.21. The lowest BCUT2D eigenvalue weighted by molar-refractivity contribution is -0.149. The van der Waals surface area contributed by atoms with E-state index in [1.165, 1.54) is 4.90 Å². The van der Waals surface area contributed by atoms with Crippen LogP contribution >= 0.6 is 11.8 Å². The molecule has 4 nitrogen and oxygen atoms in total. The second-order valence-corrected chi connectivity index (χ2v) is 6.29. The first kappa shape index (κ1) is 17.9. The summed E-state index contributed by atoms with van der Waals surface area (Å²) in [5, 5.41) is 0. The zero-order valence-electron chi connectivity index (χ0n) is 13.1. The van der Waals surface area contributed by atoms with Crippen LogP contribution in [-0.2, 0) is 9.53 Å². The van der Waals surface area contributed by atoms with Gasteiger partial charge in [-0.2, -0.15) is 0 Å². The third-order valence-electron chi connectivity index (χ3n) is 3.14. The molecular formula is C16H25NO3S. The molecule has 0 bridgehead atoms. The van der Waals surface area contributed by atoms with E-state index in [0.29, 0.717) is 13.0 Å². The number of carbonyl (C=O) groups excluding carboxylic acids is 1. The monoisotopic (exact) mass is 311 g/mol. The summed E-state index contributed by atoms with van der Waals surface area (Å²) in [4.78, 5) is 12.8. The molecule has 0 saturated heterocycles. The first-order valence-electron chi connectivity index (χ1n) is 7.22. The Labute approximate surface area is 131 Å². The molecule has 1 aromatic rings. The van der Waals surface area contributed by atoms with Crippen LogP contribution in [0.5, 0.6) is 5.75 Å². The van der Waals surface area contributed by atoms with Gasteiger partial charge in [-0.25, -0.2) is 0 Å². The molecule has 0 spiro atoms. The number of thioether (sulfide) groups is 1. The predicted octanol–water partition coefficient (Wildman–Crippen LogP) is 3.24. The second kappa shape index (κ2) is 8.95. The van der Waals surface area contributed by atoms with Gasteiger partial charge in [-0.1, -0.05) is 12.5 Å². The normalized spacial score (nSPS) is 13.5. The van der Waals surface area contributed by atoms with Gasteiger partial charge >= 0.3 is 5.97 Å². The lowest BCUT2D eigenvalue weighted by atomic mass is 9.96. The maximum Gasteiger partial charge on any atom is 0.325 e. The third kappa shape index (κ3) is 6.40. The van der Waals surface area contributed by atoms with Crippen LogP contribution < -0.4 is 10.5 Å². The zero-order valence-corrected chi connectivity index (χ0v) is 13.9. The molecule has 0 aliphatic carbocycles. The van der Waals surface area contributed by atoms with Gasteiger partial charge in [0.15, 0.2) is 0 Å². The molecule has 21 heavy (non-hydrogen) atoms. The number of carbonyl (C=O) groups is 1. The highest BCUT2D eigenvalue weighted by Gasteiger charge is 2.28. The Morgan fingerprint density at radius 1 is 1.38 bits per heavy atom. The molecule has 0 fully saturated rings. The van der Waals surface area contributed by atoms with E-state index >= 15 is 0 Å². The molecule has 1 aromatic carbocycles. The third-order valence-corrected chi connectivity index (χ3v) is 4.22. The Morgan fingerprint density at radius 3 is 2.81 bits per heavy atom. The topological polar surface area (TPSA) is 61.5 Å². The van der Waals surface area contributed by atoms with Gasteiger partial charge in [-0.05, 0) is 50.6 Å². The maximum absolute atomic E-state index is 11.7. The Hall–Kier alpha value is -1.20. The van der Waals surface area contributed by atoms with Crippen molar-refractivity contribution in [2.24, 2.45) is 5.73 Å². The van der Waals surface area contributed by atoms with Crippen molar-refractivity contribution in [3.8, 4) is 5.75 Å². The molecule has 0 aromatic heterocycles. The molecule has 5 heteroatoms. The fourth-order valence-electron chi connectivity index (χ4n) is 1.87. The van der Waals surface area contributed by atoms with Crippen molar-refractivity contribution >= 4 is 17.7 Å². The molecule has 0 aliphatic rings. The largest absolute Gasteiger partial charge is 0.497 e. The molecule has 118 valence electrons. The number of methoxy groups -OCH3 is 1. The van der Waals surface area contributed by atoms with Gasteiger partial charge in [0.1, 0.15) is 11.3 Å². The Bertz CT molecular complexity index is 449. The van der Waals surface area contributed by atoms with E-state index in [0.717, 1.165) is 24.3 Å². The lowest BCUT2D eigenvalue weighted by Crippen LogP contribution is -2.46. The second-order valence-electron chi connectivity index (χ2n) is 5.12. The van der Waals surface area contributed by atoms with Gasteiger partial charge in [0, 0.05) is 4.90 Å². The van der Waals surface area contributed by atoms with E-state index in [1.807, 2.05) is 18.2 Å². The van der Waals surface area contributed by atoms with Crippen LogP contribution in [0.4, 0.5) is 0 Å². The predicted molar refractivity (Wildman–Crippen MR) is 86.8 cm³/mol. The Kier molecular flexibility index (Phi) is 7.61. The number of hydrogen-bond donors (Lipinski definition) is 1. The van der Waals surface area contributed by atoms with Crippen molar-refractivity contribution in [2.45, 2.75) is 43.5 Å². The summed E-state index contributed by atoms with van der Waals surface area (Å²) in [6, 6.07) is 8.01. The zero-order chi connectivity index (χ0) is 15.7. The summed E-state index contributed by atoms with van der Waals surface area (Å²) in [5.41, 5.74) is 5.10. The number of rotatable bonds is 9. The van der Waals surface area contributed by atoms with E-state index in [4.69, 9.17) is 15.2 Å². The number of benzene rings is 1. The molecule has 0 amide bonds. The van der Waals surface area contributed by atoms with Crippen molar-refractivity contribution in [2.75, 3.05) is 19.5 Å². The van der Waals surface area contributed by atoms with Crippen LogP contribution in [0.2, 0.25) is 0 Å². The number of unbranched alkanes of at least 4 members (excludes halogenated alkanes) is 1. The number of hydrogen-bond acceptors (Lipinski definition) is 5. The SMILES string of the molecule is CCOC(=O)C(C)(N)CCCCSc1cccc(OC)c1. The highest BCUT2D eigenvalue weighted by atomic mass is 32.2. The molecule has 2 N–H and O–H groups in total. The van der Waals surface area contributed by atoms with E-state index < -0.39 is 5.54 Å². The molecule has 0 saturated carbocycles. The van der Waals surface area contributed by atoms with Gasteiger partial charge in [0.05, 0.1) is 13.7 Å². The summed E-state index contributed by atoms with van der Waals surface area (Å²) in [6.45, 7) is 3.90. The van der Waals surface area contributed by atoms with Crippen molar-refractivity contribution in [3.05, 3.63) is 24.3 Å². The lowest BCUT2D eigenvalue weighted by Gasteiger charge is -2.21. The average Bonchev–Trinajstić information content (AvgIpc) is 2.47. The van der Waals surface area contributed by atoms with Crippen LogP contribution in [0.25, 0.3) is 0 Å². The molecule has 0 aliphatic heterocycles. The fourth-order valence-corrected chi connectivity index (χ4v) is 2.83. The quantitative estimate of drug-likeness (QED) is 0.431. The van der Waals surface area contributed by atoms with Crippen LogP contribution in [0.1, 0.15) is 33.1 Å². The van der Waals surface area contributed by atoms with Crippen LogP contribution in [0.15, 0.2) is 29.2 Å². The smallest absolute Gasteiger partial charge is 0.325 e. The van der Waals surface area contributed by atoms with Gasteiger partial charge in [-0.3, -0.25) is 4.79 Å². The van der Waals surface area contributed by atoms with Crippen molar-refractivity contribution in [1.29, 1.82) is 0 Å². The maximum atomic E-state index is 11.7. The number of ether oxygens (including phenoxy) is 2. The first-order chi connectivity index (χ1) is 9.99. The van der Waals surface area contributed by atoms with E-state index in [-0.39, 0.29) is 5.97 Å². The van der Waals surface area contributed by atoms with Gasteiger partial charge in [0.2, 0.25) is 0 Å². The summed E-state index contributed by atoms with van der Waals surface area (Å²) in [7, 11) is 1.67. The summed E-state index contributed by atoms with van der Waals surface area (Å²) in [6.07, 6.45) is 2.56. The summed E-state index contributed by atoms with van der Waals surface area (Å²) in [5.74, 6) is 1.55. The number of nitrogens with two attached hydrogens (primary N) is 1. The van der Waals surface area contributed by atoms with Gasteiger partial charge in [-0.15, -0.1) is 11.8 Å². The summed E-state index contributed by atoms with van der Waals surface area (Å²) >= 11 is 1.78. The fraction of sp³-hybridized carbons (Fsp3) is 0.562. The molecule has 0 heterocycles. The van der Waals surface area contributed by atoms with Crippen molar-refractivity contribution < 1.29 is 14.3 Å². The highest BCUT2D eigenvalue weighted by molar-refractivity contribution is 7.99.